The van der Waals surface area contributed by atoms with Crippen LogP contribution >= 0.6 is 0 Å². The van der Waals surface area contributed by atoms with Crippen molar-refractivity contribution in [3.8, 4) is 0 Å². The maximum atomic E-state index is 12.0. The van der Waals surface area contributed by atoms with Crippen LogP contribution in [0, 0.1) is 5.21 Å². The molecule has 0 heterocycles. The van der Waals surface area contributed by atoms with E-state index < -0.39 is 0 Å². The summed E-state index contributed by atoms with van der Waals surface area (Å²) in [6, 6.07) is 0. The Kier molecular flexibility index (Phi) is 16.5. The van der Waals surface area contributed by atoms with Crippen molar-refractivity contribution >= 4 is 0 Å². The minimum atomic E-state index is -0.173. The number of rotatable bonds is 18. The first-order chi connectivity index (χ1) is 11.2. The molecule has 0 N–H and O–H groups in total. The van der Waals surface area contributed by atoms with E-state index in [1.54, 1.807) is 0 Å². The van der Waals surface area contributed by atoms with E-state index in [9.17, 15) is 5.21 Å². The molecule has 0 aliphatic rings. The number of ether oxygens (including phenoxy) is 3. The van der Waals surface area contributed by atoms with Gasteiger partial charge in [0.15, 0.2) is 0 Å². The first-order valence-electron chi connectivity index (χ1n) is 9.48. The van der Waals surface area contributed by atoms with Crippen LogP contribution < -0.4 is 0 Å². The zero-order valence-corrected chi connectivity index (χ0v) is 15.7. The molecule has 0 aliphatic carbocycles. The van der Waals surface area contributed by atoms with Crippen molar-refractivity contribution in [2.75, 3.05) is 59.3 Å². The van der Waals surface area contributed by atoms with E-state index in [0.717, 1.165) is 13.0 Å². The molecule has 0 aromatic heterocycles. The van der Waals surface area contributed by atoms with Gasteiger partial charge in [-0.15, -0.1) is 0 Å². The third-order valence-corrected chi connectivity index (χ3v) is 4.18. The minimum absolute atomic E-state index is 0.173. The summed E-state index contributed by atoms with van der Waals surface area (Å²) in [6.45, 7) is 11.5. The molecule has 0 spiro atoms. The van der Waals surface area contributed by atoms with Crippen LogP contribution in [0.2, 0.25) is 0 Å². The molecule has 0 unspecified atom stereocenters. The summed E-state index contributed by atoms with van der Waals surface area (Å²) < 4.78 is 16.2. The van der Waals surface area contributed by atoms with Gasteiger partial charge in [0.1, 0.15) is 6.54 Å². The predicted molar refractivity (Wildman–Crippen MR) is 95.4 cm³/mol. The topological polar surface area (TPSA) is 50.8 Å². The fourth-order valence-corrected chi connectivity index (χ4v) is 2.30. The summed E-state index contributed by atoms with van der Waals surface area (Å²) in [7, 11) is 0. The molecule has 0 aromatic rings. The Morgan fingerprint density at radius 3 is 1.65 bits per heavy atom. The number of nitrogens with zero attached hydrogens (tertiary/aromatic N) is 1. The second-order valence-corrected chi connectivity index (χ2v) is 6.02. The first-order valence-corrected chi connectivity index (χ1v) is 9.48. The SMILES string of the molecule is CCCCCCCCOCCOCCOCC[N+]([O-])(CC)CC. The van der Waals surface area contributed by atoms with Gasteiger partial charge < -0.3 is 24.1 Å². The molecule has 0 bridgehead atoms. The largest absolute Gasteiger partial charge is 0.633 e. The van der Waals surface area contributed by atoms with Gasteiger partial charge in [0.2, 0.25) is 0 Å². The molecular formula is C18H39NO4. The molecule has 23 heavy (non-hydrogen) atoms. The van der Waals surface area contributed by atoms with Gasteiger partial charge in [-0.1, -0.05) is 39.0 Å². The zero-order chi connectivity index (χ0) is 17.2. The molecule has 5 nitrogen and oxygen atoms in total. The average Bonchev–Trinajstić information content (AvgIpc) is 2.58. The molecule has 0 amide bonds. The second kappa shape index (κ2) is 16.7. The quantitative estimate of drug-likeness (QED) is 0.218. The van der Waals surface area contributed by atoms with Gasteiger partial charge in [-0.2, -0.15) is 0 Å². The van der Waals surface area contributed by atoms with Crippen LogP contribution in [0.3, 0.4) is 0 Å². The van der Waals surface area contributed by atoms with Crippen LogP contribution in [0.15, 0.2) is 0 Å². The van der Waals surface area contributed by atoms with Crippen molar-refractivity contribution in [3.05, 3.63) is 5.21 Å². The zero-order valence-electron chi connectivity index (χ0n) is 15.7. The van der Waals surface area contributed by atoms with Crippen LogP contribution in [0.25, 0.3) is 0 Å². The van der Waals surface area contributed by atoms with E-state index in [1.165, 1.54) is 32.1 Å². The van der Waals surface area contributed by atoms with Crippen molar-refractivity contribution in [2.24, 2.45) is 0 Å². The highest BCUT2D eigenvalue weighted by molar-refractivity contribution is 4.44. The normalized spacial score (nSPS) is 12.0. The Hall–Kier alpha value is -0.200. The van der Waals surface area contributed by atoms with Gasteiger partial charge in [-0.25, -0.2) is 0 Å². The first kappa shape index (κ1) is 22.8. The van der Waals surface area contributed by atoms with E-state index in [1.807, 2.05) is 13.8 Å². The molecular weight excluding hydrogens is 294 g/mol. The lowest BCUT2D eigenvalue weighted by Crippen LogP contribution is -2.44. The van der Waals surface area contributed by atoms with Crippen LogP contribution in [0.4, 0.5) is 0 Å². The number of quaternary nitrogens is 1. The summed E-state index contributed by atoms with van der Waals surface area (Å²) in [5, 5.41) is 12.0. The maximum Gasteiger partial charge on any atom is 0.102 e. The number of hydrogen-bond donors (Lipinski definition) is 0. The summed E-state index contributed by atoms with van der Waals surface area (Å²) in [4.78, 5) is 0. The summed E-state index contributed by atoms with van der Waals surface area (Å²) in [5.74, 6) is 0. The number of hydroxylamine groups is 3. The van der Waals surface area contributed by atoms with Gasteiger partial charge in [0.05, 0.1) is 46.1 Å². The second-order valence-electron chi connectivity index (χ2n) is 6.02. The molecule has 0 fully saturated rings. The fourth-order valence-electron chi connectivity index (χ4n) is 2.30. The number of likely N-dealkylation sites (N-methyl/N-ethyl adjacent to an activating group) is 1. The highest BCUT2D eigenvalue weighted by atomic mass is 16.6. The lowest BCUT2D eigenvalue weighted by molar-refractivity contribution is -0.877. The van der Waals surface area contributed by atoms with Crippen LogP contribution in [-0.4, -0.2) is 63.9 Å². The minimum Gasteiger partial charge on any atom is -0.633 e. The van der Waals surface area contributed by atoms with E-state index in [0.29, 0.717) is 52.7 Å². The molecule has 0 saturated heterocycles. The molecule has 0 aliphatic heterocycles. The van der Waals surface area contributed by atoms with Crippen molar-refractivity contribution in [3.63, 3.8) is 0 Å². The molecule has 5 heteroatoms. The highest BCUT2D eigenvalue weighted by Gasteiger charge is 2.10. The Balaban J connectivity index is 3.14. The van der Waals surface area contributed by atoms with Gasteiger partial charge in [0, 0.05) is 6.61 Å². The standard InChI is InChI=1S/C18H39NO4/c1-4-7-8-9-10-11-13-21-15-17-23-18-16-22-14-12-19(20,5-2)6-3/h4-18H2,1-3H3. The lowest BCUT2D eigenvalue weighted by Gasteiger charge is -2.40. The van der Waals surface area contributed by atoms with Crippen LogP contribution in [0.5, 0.6) is 0 Å². The summed E-state index contributed by atoms with van der Waals surface area (Å²) in [5.41, 5.74) is 0. The third kappa shape index (κ3) is 15.1. The van der Waals surface area contributed by atoms with Crippen LogP contribution in [-0.2, 0) is 14.2 Å². The molecule has 0 saturated carbocycles. The Morgan fingerprint density at radius 2 is 1.09 bits per heavy atom. The molecule has 0 aromatic carbocycles. The van der Waals surface area contributed by atoms with Crippen molar-refractivity contribution < 1.29 is 18.9 Å². The summed E-state index contributed by atoms with van der Waals surface area (Å²) >= 11 is 0. The van der Waals surface area contributed by atoms with E-state index in [2.05, 4.69) is 6.92 Å². The Labute approximate surface area is 143 Å². The summed E-state index contributed by atoms with van der Waals surface area (Å²) in [6.07, 6.45) is 7.74. The Bertz CT molecular complexity index is 235. The van der Waals surface area contributed by atoms with Gasteiger partial charge in [-0.3, -0.25) is 0 Å². The molecule has 0 rings (SSSR count). The van der Waals surface area contributed by atoms with Gasteiger partial charge in [0.25, 0.3) is 0 Å². The highest BCUT2D eigenvalue weighted by Crippen LogP contribution is 2.04. The van der Waals surface area contributed by atoms with Crippen LogP contribution in [0.1, 0.15) is 59.3 Å². The molecule has 140 valence electrons. The van der Waals surface area contributed by atoms with Gasteiger partial charge in [-0.05, 0) is 20.3 Å². The average molecular weight is 334 g/mol. The smallest absolute Gasteiger partial charge is 0.102 e. The predicted octanol–water partition coefficient (Wildman–Crippen LogP) is 3.75. The third-order valence-electron chi connectivity index (χ3n) is 4.18. The van der Waals surface area contributed by atoms with E-state index in [-0.39, 0.29) is 4.65 Å². The monoisotopic (exact) mass is 333 g/mol. The maximum absolute atomic E-state index is 12.0. The van der Waals surface area contributed by atoms with E-state index in [4.69, 9.17) is 14.2 Å². The Morgan fingerprint density at radius 1 is 0.609 bits per heavy atom. The molecule has 0 atom stereocenters. The van der Waals surface area contributed by atoms with Crippen molar-refractivity contribution in [1.29, 1.82) is 0 Å². The number of hydrogen-bond acceptors (Lipinski definition) is 4. The van der Waals surface area contributed by atoms with Crippen molar-refractivity contribution in [2.45, 2.75) is 59.3 Å². The molecule has 0 radical (unpaired) electrons. The van der Waals surface area contributed by atoms with Crippen molar-refractivity contribution in [1.82, 2.24) is 0 Å². The number of unbranched alkanes of at least 4 members (excludes halogenated alkanes) is 5. The lowest BCUT2D eigenvalue weighted by atomic mass is 10.1. The fraction of sp³-hybridized carbons (Fsp3) is 1.00. The van der Waals surface area contributed by atoms with Gasteiger partial charge >= 0.3 is 0 Å². The van der Waals surface area contributed by atoms with E-state index >= 15 is 0 Å².